The van der Waals surface area contributed by atoms with Crippen LogP contribution in [0.5, 0.6) is 0 Å². The molecule has 0 unspecified atom stereocenters. The van der Waals surface area contributed by atoms with E-state index in [1.165, 1.54) is 12.4 Å². The summed E-state index contributed by atoms with van der Waals surface area (Å²) >= 11 is 0. The van der Waals surface area contributed by atoms with Gasteiger partial charge < -0.3 is 5.32 Å². The molecule has 2 heterocycles. The van der Waals surface area contributed by atoms with Crippen molar-refractivity contribution in [3.63, 3.8) is 0 Å². The van der Waals surface area contributed by atoms with E-state index in [0.717, 1.165) is 35.2 Å². The summed E-state index contributed by atoms with van der Waals surface area (Å²) in [6, 6.07) is 2.69. The molecule has 0 atom stereocenters. The Morgan fingerprint density at radius 2 is 1.55 bits per heavy atom. The van der Waals surface area contributed by atoms with Crippen molar-refractivity contribution >= 4 is 23.0 Å². The van der Waals surface area contributed by atoms with Gasteiger partial charge in [0, 0.05) is 17.8 Å². The van der Waals surface area contributed by atoms with Gasteiger partial charge in [0.25, 0.3) is 23.2 Å². The number of benzene rings is 1. The molecule has 1 aromatic carbocycles. The highest BCUT2D eigenvalue weighted by Crippen LogP contribution is 2.23. The molecule has 3 aromatic rings. The van der Waals surface area contributed by atoms with Gasteiger partial charge in [-0.2, -0.15) is 5.10 Å². The summed E-state index contributed by atoms with van der Waals surface area (Å²) in [5.74, 6) is -0.460. The lowest BCUT2D eigenvalue weighted by Crippen LogP contribution is -2.14. The summed E-state index contributed by atoms with van der Waals surface area (Å²) in [6.45, 7) is 5.68. The highest BCUT2D eigenvalue weighted by Gasteiger charge is 2.20. The predicted octanol–water partition coefficient (Wildman–Crippen LogP) is 2.66. The molecule has 0 bridgehead atoms. The van der Waals surface area contributed by atoms with Gasteiger partial charge >= 0.3 is 0 Å². The van der Waals surface area contributed by atoms with E-state index in [-0.39, 0.29) is 11.3 Å². The van der Waals surface area contributed by atoms with Crippen molar-refractivity contribution in [2.45, 2.75) is 20.8 Å². The Bertz CT molecular complexity index is 1110. The molecular formula is C17H15N7O5. The molecule has 0 fully saturated rings. The molecule has 12 nitrogen and oxygen atoms in total. The Kier molecular flexibility index (Phi) is 5.00. The fraction of sp³-hybridized carbons (Fsp3) is 0.176. The van der Waals surface area contributed by atoms with Crippen LogP contribution in [-0.4, -0.2) is 35.5 Å². The van der Waals surface area contributed by atoms with Gasteiger partial charge in [0.2, 0.25) is 0 Å². The van der Waals surface area contributed by atoms with E-state index in [0.29, 0.717) is 5.95 Å². The highest BCUT2D eigenvalue weighted by molar-refractivity contribution is 6.05. The maximum absolute atomic E-state index is 12.4. The zero-order chi connectivity index (χ0) is 21.3. The Morgan fingerprint density at radius 1 is 1.00 bits per heavy atom. The van der Waals surface area contributed by atoms with Crippen LogP contribution in [0.4, 0.5) is 17.1 Å². The molecular weight excluding hydrogens is 382 g/mol. The normalized spacial score (nSPS) is 10.6. The summed E-state index contributed by atoms with van der Waals surface area (Å²) < 4.78 is 1.57. The van der Waals surface area contributed by atoms with Crippen LogP contribution in [0.15, 0.2) is 30.6 Å². The van der Waals surface area contributed by atoms with Crippen molar-refractivity contribution in [1.82, 2.24) is 19.7 Å². The first-order chi connectivity index (χ1) is 13.7. The van der Waals surface area contributed by atoms with Crippen LogP contribution in [0.1, 0.15) is 27.3 Å². The minimum absolute atomic E-state index is 0.214. The monoisotopic (exact) mass is 397 g/mol. The molecule has 2 aromatic heterocycles. The van der Waals surface area contributed by atoms with E-state index >= 15 is 0 Å². The lowest BCUT2D eigenvalue weighted by Gasteiger charge is -2.07. The van der Waals surface area contributed by atoms with E-state index < -0.39 is 27.1 Å². The van der Waals surface area contributed by atoms with Gasteiger partial charge in [0.05, 0.1) is 45.3 Å². The Morgan fingerprint density at radius 3 is 2.00 bits per heavy atom. The number of aromatic nitrogens is 4. The molecule has 0 aliphatic carbocycles. The van der Waals surface area contributed by atoms with Crippen molar-refractivity contribution in [3.8, 4) is 5.95 Å². The van der Waals surface area contributed by atoms with E-state index in [4.69, 9.17) is 0 Å². The van der Waals surface area contributed by atoms with Gasteiger partial charge in [0.1, 0.15) is 0 Å². The lowest BCUT2D eigenvalue weighted by atomic mass is 10.1. The van der Waals surface area contributed by atoms with Gasteiger partial charge in [-0.25, -0.2) is 14.6 Å². The first kappa shape index (κ1) is 19.5. The molecule has 1 N–H and O–H groups in total. The fourth-order valence-electron chi connectivity index (χ4n) is 2.55. The number of carbonyl (C=O) groups excluding carboxylic acids is 1. The van der Waals surface area contributed by atoms with E-state index in [2.05, 4.69) is 20.4 Å². The first-order valence-corrected chi connectivity index (χ1v) is 8.28. The van der Waals surface area contributed by atoms with E-state index in [9.17, 15) is 25.0 Å². The van der Waals surface area contributed by atoms with Gasteiger partial charge in [-0.05, 0) is 26.3 Å². The molecule has 0 radical (unpaired) electrons. The number of nitrogens with zero attached hydrogens (tertiary/aromatic N) is 6. The zero-order valence-electron chi connectivity index (χ0n) is 15.6. The molecule has 29 heavy (non-hydrogen) atoms. The minimum Gasteiger partial charge on any atom is -0.319 e. The number of anilines is 1. The second-order valence-electron chi connectivity index (χ2n) is 6.19. The third-order valence-corrected chi connectivity index (χ3v) is 4.32. The molecule has 12 heteroatoms. The van der Waals surface area contributed by atoms with E-state index in [1.54, 1.807) is 4.68 Å². The topological polar surface area (TPSA) is 159 Å². The number of carbonyl (C=O) groups is 1. The van der Waals surface area contributed by atoms with Crippen LogP contribution in [0.25, 0.3) is 5.95 Å². The second kappa shape index (κ2) is 7.42. The average Bonchev–Trinajstić information content (AvgIpc) is 2.95. The summed E-state index contributed by atoms with van der Waals surface area (Å²) in [5, 5.41) is 28.7. The number of amides is 1. The van der Waals surface area contributed by atoms with Gasteiger partial charge in [-0.15, -0.1) is 0 Å². The van der Waals surface area contributed by atoms with Crippen LogP contribution in [0, 0.1) is 41.0 Å². The van der Waals surface area contributed by atoms with Crippen LogP contribution in [-0.2, 0) is 0 Å². The maximum atomic E-state index is 12.4. The summed E-state index contributed by atoms with van der Waals surface area (Å²) in [7, 11) is 0. The molecule has 0 aliphatic heterocycles. The number of hydrogen-bond donors (Lipinski definition) is 1. The average molecular weight is 397 g/mol. The Balaban J connectivity index is 1.85. The van der Waals surface area contributed by atoms with Crippen molar-refractivity contribution in [2.75, 3.05) is 5.32 Å². The highest BCUT2D eigenvalue weighted by atomic mass is 16.6. The van der Waals surface area contributed by atoms with Crippen molar-refractivity contribution < 1.29 is 14.6 Å². The SMILES string of the molecule is Cc1nn(-c2ncc(NC(=O)c3cc([N+](=O)[O-])cc([N+](=O)[O-])c3)cn2)c(C)c1C. The maximum Gasteiger partial charge on any atom is 0.277 e. The molecule has 0 saturated heterocycles. The minimum atomic E-state index is -0.807. The van der Waals surface area contributed by atoms with E-state index in [1.807, 2.05) is 20.8 Å². The predicted molar refractivity (Wildman–Crippen MR) is 101 cm³/mol. The summed E-state index contributed by atoms with van der Waals surface area (Å²) in [5.41, 5.74) is 1.60. The number of nitrogens with one attached hydrogen (secondary N) is 1. The number of nitro benzene ring substituents is 2. The third-order valence-electron chi connectivity index (χ3n) is 4.32. The Hall–Kier alpha value is -4.22. The van der Waals surface area contributed by atoms with Crippen molar-refractivity contribution in [1.29, 1.82) is 0 Å². The standard InChI is InChI=1S/C17H15N7O5/c1-9-10(2)21-22(11(9)3)17-18-7-13(8-19-17)20-16(25)12-4-14(23(26)27)6-15(5-12)24(28)29/h4-8H,1-3H3,(H,20,25). The number of aryl methyl sites for hydroxylation is 1. The summed E-state index contributed by atoms with van der Waals surface area (Å²) in [6.07, 6.45) is 2.69. The molecule has 0 saturated carbocycles. The largest absolute Gasteiger partial charge is 0.319 e. The smallest absolute Gasteiger partial charge is 0.277 e. The number of hydrogen-bond acceptors (Lipinski definition) is 8. The van der Waals surface area contributed by atoms with Crippen molar-refractivity contribution in [3.05, 3.63) is 73.3 Å². The number of rotatable bonds is 5. The number of nitro groups is 2. The van der Waals surface area contributed by atoms with Crippen LogP contribution >= 0.6 is 0 Å². The molecule has 1 amide bonds. The zero-order valence-corrected chi connectivity index (χ0v) is 15.6. The van der Waals surface area contributed by atoms with Crippen LogP contribution in [0.3, 0.4) is 0 Å². The quantitative estimate of drug-likeness (QED) is 0.508. The van der Waals surface area contributed by atoms with Gasteiger partial charge in [-0.1, -0.05) is 0 Å². The van der Waals surface area contributed by atoms with Crippen LogP contribution in [0.2, 0.25) is 0 Å². The first-order valence-electron chi connectivity index (χ1n) is 8.28. The number of non-ortho nitro benzene ring substituents is 2. The molecule has 148 valence electrons. The third kappa shape index (κ3) is 3.90. The fourth-order valence-corrected chi connectivity index (χ4v) is 2.55. The molecule has 3 rings (SSSR count). The van der Waals surface area contributed by atoms with Crippen molar-refractivity contribution in [2.24, 2.45) is 0 Å². The lowest BCUT2D eigenvalue weighted by molar-refractivity contribution is -0.394. The Labute approximate surface area is 163 Å². The van der Waals surface area contributed by atoms with Gasteiger partial charge in [-0.3, -0.25) is 25.0 Å². The van der Waals surface area contributed by atoms with Crippen LogP contribution < -0.4 is 5.32 Å². The molecule has 0 spiro atoms. The van der Waals surface area contributed by atoms with Gasteiger partial charge in [0.15, 0.2) is 0 Å². The second-order valence-corrected chi connectivity index (χ2v) is 6.19. The summed E-state index contributed by atoms with van der Waals surface area (Å²) in [4.78, 5) is 41.0. The molecule has 0 aliphatic rings.